The van der Waals surface area contributed by atoms with Gasteiger partial charge in [-0.25, -0.2) is 4.79 Å². The SMILES string of the molecule is Cc1cc(C)c(OC(=O)N2CCCC(=O)C2)cc1C. The first-order chi connectivity index (χ1) is 8.97. The van der Waals surface area contributed by atoms with Crippen LogP contribution in [0.15, 0.2) is 12.1 Å². The summed E-state index contributed by atoms with van der Waals surface area (Å²) in [6.07, 6.45) is 0.853. The summed E-state index contributed by atoms with van der Waals surface area (Å²) in [6, 6.07) is 3.87. The molecule has 1 heterocycles. The lowest BCUT2D eigenvalue weighted by molar-refractivity contribution is -0.121. The number of nitrogens with zero attached hydrogens (tertiary/aromatic N) is 1. The first kappa shape index (κ1) is 13.6. The van der Waals surface area contributed by atoms with Crippen molar-refractivity contribution in [2.24, 2.45) is 0 Å². The molecule has 2 rings (SSSR count). The molecule has 0 radical (unpaired) electrons. The lowest BCUT2D eigenvalue weighted by atomic mass is 10.1. The van der Waals surface area contributed by atoms with Gasteiger partial charge in [-0.3, -0.25) is 4.79 Å². The molecule has 1 saturated heterocycles. The Morgan fingerprint density at radius 1 is 1.16 bits per heavy atom. The van der Waals surface area contributed by atoms with Gasteiger partial charge in [0.25, 0.3) is 0 Å². The molecule has 0 N–H and O–H groups in total. The molecule has 1 aliphatic heterocycles. The number of ether oxygens (including phenoxy) is 1. The Morgan fingerprint density at radius 2 is 1.84 bits per heavy atom. The Labute approximate surface area is 113 Å². The zero-order valence-electron chi connectivity index (χ0n) is 11.7. The Balaban J connectivity index is 2.10. The van der Waals surface area contributed by atoms with Gasteiger partial charge in [-0.05, 0) is 49.9 Å². The minimum atomic E-state index is -0.431. The van der Waals surface area contributed by atoms with Gasteiger partial charge in [-0.15, -0.1) is 0 Å². The fraction of sp³-hybridized carbons (Fsp3) is 0.467. The number of Topliss-reactive ketones (excluding diaryl/α,β-unsaturated/α-hetero) is 1. The largest absolute Gasteiger partial charge is 0.415 e. The van der Waals surface area contributed by atoms with Crippen LogP contribution >= 0.6 is 0 Å². The number of likely N-dealkylation sites (tertiary alicyclic amines) is 1. The standard InChI is InChI=1S/C15H19NO3/c1-10-7-12(3)14(8-11(10)2)19-15(18)16-6-4-5-13(17)9-16/h7-8H,4-6,9H2,1-3H3. The summed E-state index contributed by atoms with van der Waals surface area (Å²) in [5.41, 5.74) is 3.19. The van der Waals surface area contributed by atoms with Crippen LogP contribution in [0.2, 0.25) is 0 Å². The summed E-state index contributed by atoms with van der Waals surface area (Å²) in [5, 5.41) is 0. The molecule has 0 saturated carbocycles. The first-order valence-electron chi connectivity index (χ1n) is 6.53. The molecule has 0 unspecified atom stereocenters. The van der Waals surface area contributed by atoms with Gasteiger partial charge in [0.2, 0.25) is 0 Å². The van der Waals surface area contributed by atoms with E-state index in [1.54, 1.807) is 0 Å². The molecule has 0 bridgehead atoms. The van der Waals surface area contributed by atoms with Gasteiger partial charge in [0, 0.05) is 13.0 Å². The number of hydrogen-bond donors (Lipinski definition) is 0. The molecule has 1 aliphatic rings. The van der Waals surface area contributed by atoms with Crippen LogP contribution in [0.3, 0.4) is 0 Å². The number of piperidine rings is 1. The number of aryl methyl sites for hydroxylation is 3. The molecule has 1 fully saturated rings. The zero-order valence-corrected chi connectivity index (χ0v) is 11.7. The summed E-state index contributed by atoms with van der Waals surface area (Å²) in [4.78, 5) is 24.8. The van der Waals surface area contributed by atoms with Crippen molar-refractivity contribution in [3.8, 4) is 5.75 Å². The molecule has 0 aliphatic carbocycles. The molecule has 4 nitrogen and oxygen atoms in total. The maximum absolute atomic E-state index is 12.0. The number of carbonyl (C=O) groups excluding carboxylic acids is 2. The fourth-order valence-corrected chi connectivity index (χ4v) is 2.20. The number of carbonyl (C=O) groups is 2. The quantitative estimate of drug-likeness (QED) is 0.781. The monoisotopic (exact) mass is 261 g/mol. The number of benzene rings is 1. The van der Waals surface area contributed by atoms with E-state index in [-0.39, 0.29) is 12.3 Å². The lowest BCUT2D eigenvalue weighted by Crippen LogP contribution is -2.41. The van der Waals surface area contributed by atoms with E-state index in [0.717, 1.165) is 17.5 Å². The Kier molecular flexibility index (Phi) is 3.88. The van der Waals surface area contributed by atoms with E-state index in [0.29, 0.717) is 18.7 Å². The third-order valence-electron chi connectivity index (χ3n) is 3.50. The predicted molar refractivity (Wildman–Crippen MR) is 72.5 cm³/mol. The zero-order chi connectivity index (χ0) is 14.0. The van der Waals surface area contributed by atoms with E-state index < -0.39 is 6.09 Å². The topological polar surface area (TPSA) is 46.6 Å². The van der Waals surface area contributed by atoms with Gasteiger partial charge in [0.15, 0.2) is 5.78 Å². The van der Waals surface area contributed by atoms with Gasteiger partial charge >= 0.3 is 6.09 Å². The van der Waals surface area contributed by atoms with Crippen LogP contribution in [0.25, 0.3) is 0 Å². The van der Waals surface area contributed by atoms with Crippen LogP contribution in [0.4, 0.5) is 4.79 Å². The highest BCUT2D eigenvalue weighted by Crippen LogP contribution is 2.23. The highest BCUT2D eigenvalue weighted by Gasteiger charge is 2.23. The molecule has 0 aromatic heterocycles. The summed E-state index contributed by atoms with van der Waals surface area (Å²) < 4.78 is 5.40. The molecular weight excluding hydrogens is 242 g/mol. The maximum Gasteiger partial charge on any atom is 0.415 e. The van der Waals surface area contributed by atoms with Crippen LogP contribution in [0.1, 0.15) is 29.5 Å². The molecular formula is C15H19NO3. The van der Waals surface area contributed by atoms with E-state index in [2.05, 4.69) is 0 Å². The van der Waals surface area contributed by atoms with Gasteiger partial charge in [-0.1, -0.05) is 6.07 Å². The molecule has 0 atom stereocenters. The highest BCUT2D eigenvalue weighted by molar-refractivity contribution is 5.85. The number of ketones is 1. The van der Waals surface area contributed by atoms with Gasteiger partial charge < -0.3 is 9.64 Å². The van der Waals surface area contributed by atoms with E-state index in [1.165, 1.54) is 10.5 Å². The van der Waals surface area contributed by atoms with Gasteiger partial charge in [0.05, 0.1) is 6.54 Å². The molecule has 0 spiro atoms. The highest BCUT2D eigenvalue weighted by atomic mass is 16.6. The first-order valence-corrected chi connectivity index (χ1v) is 6.53. The fourth-order valence-electron chi connectivity index (χ4n) is 2.20. The molecule has 1 aromatic carbocycles. The minimum Gasteiger partial charge on any atom is -0.410 e. The van der Waals surface area contributed by atoms with E-state index in [1.807, 2.05) is 32.9 Å². The Hall–Kier alpha value is -1.84. The van der Waals surface area contributed by atoms with E-state index >= 15 is 0 Å². The van der Waals surface area contributed by atoms with Gasteiger partial charge in [-0.2, -0.15) is 0 Å². The normalized spacial score (nSPS) is 15.5. The van der Waals surface area contributed by atoms with E-state index in [4.69, 9.17) is 4.74 Å². The lowest BCUT2D eigenvalue weighted by Gasteiger charge is -2.25. The number of hydrogen-bond acceptors (Lipinski definition) is 3. The summed E-state index contributed by atoms with van der Waals surface area (Å²) in [6.45, 7) is 6.68. The van der Waals surface area contributed by atoms with Crippen molar-refractivity contribution < 1.29 is 14.3 Å². The molecule has 102 valence electrons. The maximum atomic E-state index is 12.0. The summed E-state index contributed by atoms with van der Waals surface area (Å²) in [7, 11) is 0. The van der Waals surface area contributed by atoms with Crippen LogP contribution in [-0.2, 0) is 4.79 Å². The summed E-state index contributed by atoms with van der Waals surface area (Å²) in [5.74, 6) is 0.672. The second-order valence-corrected chi connectivity index (χ2v) is 5.13. The third kappa shape index (κ3) is 3.13. The average Bonchev–Trinajstić information content (AvgIpc) is 2.36. The molecule has 19 heavy (non-hydrogen) atoms. The smallest absolute Gasteiger partial charge is 0.410 e. The molecule has 1 aromatic rings. The Bertz CT molecular complexity index is 522. The number of amides is 1. The van der Waals surface area contributed by atoms with Crippen molar-refractivity contribution in [1.82, 2.24) is 4.90 Å². The minimum absolute atomic E-state index is 0.0972. The summed E-state index contributed by atoms with van der Waals surface area (Å²) >= 11 is 0. The third-order valence-corrected chi connectivity index (χ3v) is 3.50. The van der Waals surface area contributed by atoms with Crippen LogP contribution in [0, 0.1) is 20.8 Å². The van der Waals surface area contributed by atoms with Crippen LogP contribution < -0.4 is 4.74 Å². The van der Waals surface area contributed by atoms with Crippen molar-refractivity contribution in [2.45, 2.75) is 33.6 Å². The number of rotatable bonds is 1. The van der Waals surface area contributed by atoms with Gasteiger partial charge in [0.1, 0.15) is 5.75 Å². The van der Waals surface area contributed by atoms with Crippen LogP contribution in [-0.4, -0.2) is 29.9 Å². The second-order valence-electron chi connectivity index (χ2n) is 5.13. The molecule has 1 amide bonds. The average molecular weight is 261 g/mol. The second kappa shape index (κ2) is 5.43. The predicted octanol–water partition coefficient (Wildman–Crippen LogP) is 2.78. The van der Waals surface area contributed by atoms with Crippen molar-refractivity contribution in [2.75, 3.05) is 13.1 Å². The van der Waals surface area contributed by atoms with Crippen molar-refractivity contribution in [3.63, 3.8) is 0 Å². The van der Waals surface area contributed by atoms with Crippen molar-refractivity contribution >= 4 is 11.9 Å². The van der Waals surface area contributed by atoms with E-state index in [9.17, 15) is 9.59 Å². The molecule has 4 heteroatoms. The van der Waals surface area contributed by atoms with Crippen molar-refractivity contribution in [1.29, 1.82) is 0 Å². The van der Waals surface area contributed by atoms with Crippen molar-refractivity contribution in [3.05, 3.63) is 28.8 Å². The Morgan fingerprint density at radius 3 is 2.53 bits per heavy atom. The van der Waals surface area contributed by atoms with Crippen LogP contribution in [0.5, 0.6) is 5.75 Å².